The molecule has 2 aliphatic heterocycles. The smallest absolute Gasteiger partial charge is 0.245 e. The first-order valence-corrected chi connectivity index (χ1v) is 7.64. The van der Waals surface area contributed by atoms with Crippen LogP contribution in [0.4, 0.5) is 0 Å². The Hall–Kier alpha value is -2.24. The van der Waals surface area contributed by atoms with E-state index in [4.69, 9.17) is 9.47 Å². The first-order chi connectivity index (χ1) is 10.7. The molecule has 0 unspecified atom stereocenters. The number of nitrogens with one attached hydrogen (secondary N) is 1. The van der Waals surface area contributed by atoms with Gasteiger partial charge in [0.2, 0.25) is 11.8 Å². The molecule has 1 fully saturated rings. The van der Waals surface area contributed by atoms with Crippen molar-refractivity contribution >= 4 is 11.8 Å². The number of nitrogens with zero attached hydrogens (tertiary/aromatic N) is 1. The van der Waals surface area contributed by atoms with Gasteiger partial charge in [0.15, 0.2) is 11.5 Å². The van der Waals surface area contributed by atoms with E-state index in [0.29, 0.717) is 39.1 Å². The summed E-state index contributed by atoms with van der Waals surface area (Å²) in [6, 6.07) is 5.35. The lowest BCUT2D eigenvalue weighted by Crippen LogP contribution is -2.44. The maximum absolute atomic E-state index is 12.5. The fourth-order valence-electron chi connectivity index (χ4n) is 2.77. The minimum absolute atomic E-state index is 0.0248. The maximum atomic E-state index is 12.5. The van der Waals surface area contributed by atoms with Crippen LogP contribution >= 0.6 is 0 Å². The third-order valence-corrected chi connectivity index (χ3v) is 3.97. The minimum Gasteiger partial charge on any atom is -0.486 e. The Balaban J connectivity index is 1.69. The number of likely N-dealkylation sites (N-methyl/N-ethyl adjacent to an activating group) is 1. The van der Waals surface area contributed by atoms with E-state index >= 15 is 0 Å². The van der Waals surface area contributed by atoms with Crippen LogP contribution in [0.3, 0.4) is 0 Å². The van der Waals surface area contributed by atoms with E-state index in [9.17, 15) is 9.59 Å². The molecule has 3 rings (SSSR count). The van der Waals surface area contributed by atoms with Crippen LogP contribution in [0.2, 0.25) is 0 Å². The summed E-state index contributed by atoms with van der Waals surface area (Å²) in [4.78, 5) is 25.5. The van der Waals surface area contributed by atoms with E-state index in [1.165, 1.54) is 0 Å². The maximum Gasteiger partial charge on any atom is 0.245 e. The number of amides is 2. The Morgan fingerprint density at radius 3 is 2.77 bits per heavy atom. The van der Waals surface area contributed by atoms with Crippen LogP contribution < -0.4 is 14.8 Å². The van der Waals surface area contributed by atoms with Crippen molar-refractivity contribution in [1.82, 2.24) is 10.2 Å². The van der Waals surface area contributed by atoms with E-state index < -0.39 is 0 Å². The highest BCUT2D eigenvalue weighted by Crippen LogP contribution is 2.31. The van der Waals surface area contributed by atoms with Gasteiger partial charge in [-0.25, -0.2) is 0 Å². The molecule has 6 heteroatoms. The lowest BCUT2D eigenvalue weighted by atomic mass is 10.1. The largest absolute Gasteiger partial charge is 0.486 e. The predicted molar refractivity (Wildman–Crippen MR) is 79.7 cm³/mol. The van der Waals surface area contributed by atoms with Crippen molar-refractivity contribution < 1.29 is 19.1 Å². The molecule has 1 N–H and O–H groups in total. The zero-order chi connectivity index (χ0) is 15.5. The monoisotopic (exact) mass is 304 g/mol. The molecule has 1 atom stereocenters. The zero-order valence-electron chi connectivity index (χ0n) is 12.6. The summed E-state index contributed by atoms with van der Waals surface area (Å²) in [5, 5.41) is 2.73. The normalized spacial score (nSPS) is 19.7. The summed E-state index contributed by atoms with van der Waals surface area (Å²) in [7, 11) is 0. The Kier molecular flexibility index (Phi) is 4.18. The summed E-state index contributed by atoms with van der Waals surface area (Å²) < 4.78 is 11.1. The molecule has 0 aliphatic carbocycles. The number of hydrogen-bond donors (Lipinski definition) is 1. The van der Waals surface area contributed by atoms with Crippen molar-refractivity contribution in [2.24, 2.45) is 0 Å². The highest BCUT2D eigenvalue weighted by Gasteiger charge is 2.30. The van der Waals surface area contributed by atoms with Crippen LogP contribution in [0, 0.1) is 0 Å². The number of ether oxygens (including phenoxy) is 2. The van der Waals surface area contributed by atoms with Crippen molar-refractivity contribution in [1.29, 1.82) is 0 Å². The molecule has 0 aromatic heterocycles. The van der Waals surface area contributed by atoms with Crippen molar-refractivity contribution in [3.8, 4) is 11.5 Å². The van der Waals surface area contributed by atoms with Crippen molar-refractivity contribution in [2.45, 2.75) is 32.4 Å². The van der Waals surface area contributed by atoms with Crippen LogP contribution in [-0.4, -0.2) is 42.5 Å². The first-order valence-electron chi connectivity index (χ1n) is 7.64. The van der Waals surface area contributed by atoms with E-state index in [2.05, 4.69) is 5.32 Å². The van der Waals surface area contributed by atoms with E-state index in [1.54, 1.807) is 4.90 Å². The van der Waals surface area contributed by atoms with E-state index in [0.717, 1.165) is 17.1 Å². The molecule has 0 saturated carbocycles. The quantitative estimate of drug-likeness (QED) is 0.904. The Bertz CT molecular complexity index is 588. The number of carbonyl (C=O) groups excluding carboxylic acids is 2. The lowest BCUT2D eigenvalue weighted by Gasteiger charge is -2.25. The van der Waals surface area contributed by atoms with E-state index in [-0.39, 0.29) is 17.9 Å². The third-order valence-electron chi connectivity index (χ3n) is 3.97. The molecule has 1 aromatic rings. The average molecular weight is 304 g/mol. The minimum atomic E-state index is -0.385. The Morgan fingerprint density at radius 2 is 2.09 bits per heavy atom. The van der Waals surface area contributed by atoms with Crippen LogP contribution in [0.15, 0.2) is 18.2 Å². The molecular formula is C16H20N2O4. The van der Waals surface area contributed by atoms with E-state index in [1.807, 2.05) is 25.1 Å². The first kappa shape index (κ1) is 14.7. The fourth-order valence-corrected chi connectivity index (χ4v) is 2.77. The molecule has 0 bridgehead atoms. The molecular weight excluding hydrogens is 284 g/mol. The second kappa shape index (κ2) is 6.25. The molecule has 1 saturated heterocycles. The summed E-state index contributed by atoms with van der Waals surface area (Å²) in [6.45, 7) is 4.14. The number of benzene rings is 1. The zero-order valence-corrected chi connectivity index (χ0v) is 12.6. The topological polar surface area (TPSA) is 67.9 Å². The Morgan fingerprint density at radius 1 is 1.32 bits per heavy atom. The molecule has 2 heterocycles. The third kappa shape index (κ3) is 3.00. The molecule has 1 aromatic carbocycles. The highest BCUT2D eigenvalue weighted by molar-refractivity contribution is 5.90. The van der Waals surface area contributed by atoms with Gasteiger partial charge in [0.25, 0.3) is 0 Å². The highest BCUT2D eigenvalue weighted by atomic mass is 16.6. The van der Waals surface area contributed by atoms with Gasteiger partial charge in [0.1, 0.15) is 19.3 Å². The van der Waals surface area contributed by atoms with Gasteiger partial charge >= 0.3 is 0 Å². The van der Waals surface area contributed by atoms with Crippen LogP contribution in [0.1, 0.15) is 25.3 Å². The second-order valence-electron chi connectivity index (χ2n) is 5.49. The molecule has 0 radical (unpaired) electrons. The van der Waals surface area contributed by atoms with Gasteiger partial charge in [-0.1, -0.05) is 6.07 Å². The number of carbonyl (C=O) groups is 2. The molecule has 118 valence electrons. The van der Waals surface area contributed by atoms with Crippen LogP contribution in [-0.2, 0) is 16.1 Å². The Labute approximate surface area is 129 Å². The summed E-state index contributed by atoms with van der Waals surface area (Å²) in [6.07, 6.45) is 1.01. The average Bonchev–Trinajstić information content (AvgIpc) is 2.98. The lowest BCUT2D eigenvalue weighted by molar-refractivity contribution is -0.134. The number of rotatable bonds is 4. The van der Waals surface area contributed by atoms with Gasteiger partial charge in [0.05, 0.1) is 0 Å². The molecule has 2 amide bonds. The molecule has 6 nitrogen and oxygen atoms in total. The number of hydrogen-bond acceptors (Lipinski definition) is 4. The van der Waals surface area contributed by atoms with Gasteiger partial charge in [-0.3, -0.25) is 9.59 Å². The van der Waals surface area contributed by atoms with Gasteiger partial charge in [-0.15, -0.1) is 0 Å². The summed E-state index contributed by atoms with van der Waals surface area (Å²) in [5.74, 6) is 1.39. The summed E-state index contributed by atoms with van der Waals surface area (Å²) >= 11 is 0. The van der Waals surface area contributed by atoms with Crippen molar-refractivity contribution in [2.75, 3.05) is 19.8 Å². The van der Waals surface area contributed by atoms with Gasteiger partial charge in [-0.05, 0) is 31.0 Å². The number of fused-ring (bicyclic) bond motifs is 1. The standard InChI is InChI=1S/C16H20N2O4/c1-2-18(16(20)12-4-6-15(19)17-12)10-11-3-5-13-14(9-11)22-8-7-21-13/h3,5,9,12H,2,4,6-8,10H2,1H3,(H,17,19)/t12-/m0/s1. The van der Waals surface area contributed by atoms with Gasteiger partial charge in [0, 0.05) is 19.5 Å². The predicted octanol–water partition coefficient (Wildman–Crippen LogP) is 1.08. The molecule has 0 spiro atoms. The molecule has 22 heavy (non-hydrogen) atoms. The fraction of sp³-hybridized carbons (Fsp3) is 0.500. The summed E-state index contributed by atoms with van der Waals surface area (Å²) in [5.41, 5.74) is 0.990. The second-order valence-corrected chi connectivity index (χ2v) is 5.49. The van der Waals surface area contributed by atoms with Gasteiger partial charge in [-0.2, -0.15) is 0 Å². The van der Waals surface area contributed by atoms with Crippen molar-refractivity contribution in [3.05, 3.63) is 23.8 Å². The van der Waals surface area contributed by atoms with Crippen LogP contribution in [0.25, 0.3) is 0 Å². The SMILES string of the molecule is CCN(Cc1ccc2c(c1)OCCO2)C(=O)[C@@H]1CCC(=O)N1. The van der Waals surface area contributed by atoms with Crippen molar-refractivity contribution in [3.63, 3.8) is 0 Å². The van der Waals surface area contributed by atoms with Crippen LogP contribution in [0.5, 0.6) is 11.5 Å². The van der Waals surface area contributed by atoms with Gasteiger partial charge < -0.3 is 19.7 Å². The molecule has 2 aliphatic rings.